The first-order chi connectivity index (χ1) is 8.36. The number of hydrogen-bond acceptors (Lipinski definition) is 5. The van der Waals surface area contributed by atoms with E-state index >= 15 is 0 Å². The van der Waals surface area contributed by atoms with Gasteiger partial charge in [0, 0.05) is 11.9 Å². The Hall–Kier alpha value is -0.230. The normalized spacial score (nSPS) is 11.8. The van der Waals surface area contributed by atoms with Gasteiger partial charge in [0.1, 0.15) is 0 Å². The summed E-state index contributed by atoms with van der Waals surface area (Å²) in [5, 5.41) is 20.2. The standard InChI is InChI=1S/2C7H14O2.In.H2O/c2*1-3-4-5-6(2)7(8)9;;/h2*6H,3-5H2,1-2H3,(H,8,9);;1H2/q;;+3;/p-3. The van der Waals surface area contributed by atoms with Crippen LogP contribution < -0.4 is 10.2 Å². The molecular formula is C14H27InO5. The Labute approximate surface area is 141 Å². The quantitative estimate of drug-likeness (QED) is 0.602. The predicted octanol–water partition coefficient (Wildman–Crippen LogP) is 0.568. The molecule has 20 heavy (non-hydrogen) atoms. The average molecular weight is 390 g/mol. The summed E-state index contributed by atoms with van der Waals surface area (Å²) in [6.07, 6.45) is 5.57. The van der Waals surface area contributed by atoms with E-state index < -0.39 is 11.9 Å². The zero-order valence-electron chi connectivity index (χ0n) is 13.1. The fraction of sp³-hybridized carbons (Fsp3) is 0.857. The van der Waals surface area contributed by atoms with Crippen LogP contribution in [0, 0.1) is 11.8 Å². The summed E-state index contributed by atoms with van der Waals surface area (Å²) in [7, 11) is 0. The average Bonchev–Trinajstić information content (AvgIpc) is 2.33. The molecule has 0 saturated heterocycles. The first-order valence-corrected chi connectivity index (χ1v) is 6.78. The number of hydrogen-bond donors (Lipinski definition) is 0. The van der Waals surface area contributed by atoms with Crippen molar-refractivity contribution in [3.8, 4) is 0 Å². The number of unbranched alkanes of at least 4 members (excludes halogenated alkanes) is 2. The summed E-state index contributed by atoms with van der Waals surface area (Å²) >= 11 is 0. The van der Waals surface area contributed by atoms with Crippen molar-refractivity contribution in [2.24, 2.45) is 11.8 Å². The summed E-state index contributed by atoms with van der Waals surface area (Å²) in [6, 6.07) is 0. The Kier molecular flexibility index (Phi) is 26.3. The van der Waals surface area contributed by atoms with Gasteiger partial charge in [-0.3, -0.25) is 0 Å². The molecule has 0 aromatic heterocycles. The topological polar surface area (TPSA) is 110 Å². The molecule has 0 fully saturated rings. The number of carboxylic acid groups (broad SMARTS) is 2. The number of carboxylic acids is 2. The number of carbonyl (C=O) groups excluding carboxylic acids is 2. The van der Waals surface area contributed by atoms with Crippen LogP contribution in [0.25, 0.3) is 0 Å². The molecule has 2 atom stereocenters. The molecule has 0 aliphatic carbocycles. The molecule has 2 unspecified atom stereocenters. The maximum Gasteiger partial charge on any atom is 3.00 e. The molecule has 0 heterocycles. The third kappa shape index (κ3) is 20.1. The molecule has 0 aromatic rings. The number of rotatable bonds is 8. The Morgan fingerprint density at radius 3 is 1.25 bits per heavy atom. The van der Waals surface area contributed by atoms with Crippen molar-refractivity contribution < 1.29 is 25.3 Å². The summed E-state index contributed by atoms with van der Waals surface area (Å²) in [5.74, 6) is -2.40. The van der Waals surface area contributed by atoms with E-state index in [2.05, 4.69) is 0 Å². The second kappa shape index (κ2) is 18.8. The first-order valence-electron chi connectivity index (χ1n) is 6.78. The van der Waals surface area contributed by atoms with E-state index in [1.165, 1.54) is 0 Å². The summed E-state index contributed by atoms with van der Waals surface area (Å²) in [4.78, 5) is 20.2. The SMILES string of the molecule is CCCCC(C)C(=O)[O-].CCCCC(C)C(=O)[O-].[In+3].[OH-]. The maximum absolute atomic E-state index is 10.1. The van der Waals surface area contributed by atoms with Gasteiger partial charge < -0.3 is 25.3 Å². The Morgan fingerprint density at radius 1 is 0.850 bits per heavy atom. The summed E-state index contributed by atoms with van der Waals surface area (Å²) < 4.78 is 0. The molecule has 0 bridgehead atoms. The molecule has 0 rings (SSSR count). The van der Waals surface area contributed by atoms with E-state index in [-0.39, 0.29) is 43.2 Å². The van der Waals surface area contributed by atoms with Gasteiger partial charge in [-0.1, -0.05) is 53.4 Å². The second-order valence-corrected chi connectivity index (χ2v) is 4.72. The largest absolute Gasteiger partial charge is 3.00 e. The minimum atomic E-state index is -0.927. The van der Waals surface area contributed by atoms with Crippen LogP contribution in [0.4, 0.5) is 0 Å². The molecule has 0 aromatic carbocycles. The van der Waals surface area contributed by atoms with E-state index in [1.807, 2.05) is 13.8 Å². The number of carbonyl (C=O) groups is 2. The van der Waals surface area contributed by atoms with E-state index in [9.17, 15) is 19.8 Å². The van der Waals surface area contributed by atoms with E-state index in [0.29, 0.717) is 0 Å². The molecule has 0 aliphatic rings. The van der Waals surface area contributed by atoms with E-state index in [1.54, 1.807) is 13.8 Å². The molecule has 6 heteroatoms. The van der Waals surface area contributed by atoms with E-state index in [4.69, 9.17) is 0 Å². The number of aliphatic carboxylic acids is 2. The van der Waals surface area contributed by atoms with Crippen LogP contribution in [0.2, 0.25) is 0 Å². The zero-order chi connectivity index (χ0) is 14.6. The fourth-order valence-corrected chi connectivity index (χ4v) is 1.26. The summed E-state index contributed by atoms with van der Waals surface area (Å²) in [5.41, 5.74) is 0. The fourth-order valence-electron chi connectivity index (χ4n) is 1.26. The van der Waals surface area contributed by atoms with Gasteiger partial charge in [0.15, 0.2) is 0 Å². The predicted molar refractivity (Wildman–Crippen MR) is 75.1 cm³/mol. The third-order valence-electron chi connectivity index (χ3n) is 2.79. The van der Waals surface area contributed by atoms with Crippen molar-refractivity contribution >= 4 is 37.8 Å². The molecule has 0 amide bonds. The zero-order valence-corrected chi connectivity index (χ0v) is 16.4. The van der Waals surface area contributed by atoms with Crippen LogP contribution >= 0.6 is 0 Å². The van der Waals surface area contributed by atoms with Crippen LogP contribution in [-0.2, 0) is 9.59 Å². The van der Waals surface area contributed by atoms with Gasteiger partial charge in [0.05, 0.1) is 0 Å². The van der Waals surface area contributed by atoms with Gasteiger partial charge in [-0.15, -0.1) is 0 Å². The van der Waals surface area contributed by atoms with Crippen molar-refractivity contribution in [2.45, 2.75) is 66.2 Å². The van der Waals surface area contributed by atoms with Gasteiger partial charge in [-0.05, 0) is 24.7 Å². The maximum atomic E-state index is 10.1. The van der Waals surface area contributed by atoms with Crippen LogP contribution in [0.1, 0.15) is 66.2 Å². The van der Waals surface area contributed by atoms with Crippen molar-refractivity contribution in [3.63, 3.8) is 0 Å². The molecule has 5 nitrogen and oxygen atoms in total. The van der Waals surface area contributed by atoms with Gasteiger partial charge in [-0.2, -0.15) is 0 Å². The molecule has 0 spiro atoms. The Morgan fingerprint density at radius 2 is 1.10 bits per heavy atom. The molecule has 0 saturated carbocycles. The van der Waals surface area contributed by atoms with Gasteiger partial charge in [0.25, 0.3) is 0 Å². The van der Waals surface area contributed by atoms with E-state index in [0.717, 1.165) is 38.5 Å². The van der Waals surface area contributed by atoms with Crippen LogP contribution in [0.15, 0.2) is 0 Å². The second-order valence-electron chi connectivity index (χ2n) is 4.72. The van der Waals surface area contributed by atoms with Crippen LogP contribution in [0.5, 0.6) is 0 Å². The molecule has 0 aliphatic heterocycles. The smallest absolute Gasteiger partial charge is 0.870 e. The van der Waals surface area contributed by atoms with Crippen molar-refractivity contribution in [1.29, 1.82) is 0 Å². The Bertz CT molecular complexity index is 210. The Balaban J connectivity index is -0.000000116. The minimum Gasteiger partial charge on any atom is -0.870 e. The van der Waals surface area contributed by atoms with Gasteiger partial charge in [0.2, 0.25) is 0 Å². The molecule has 1 N–H and O–H groups in total. The monoisotopic (exact) mass is 390 g/mol. The van der Waals surface area contributed by atoms with Crippen LogP contribution in [-0.4, -0.2) is 43.3 Å². The first kappa shape index (κ1) is 28.0. The van der Waals surface area contributed by atoms with Crippen molar-refractivity contribution in [3.05, 3.63) is 0 Å². The van der Waals surface area contributed by atoms with Gasteiger partial charge in [-0.25, -0.2) is 0 Å². The van der Waals surface area contributed by atoms with Gasteiger partial charge >= 0.3 is 25.8 Å². The molecule has 0 radical (unpaired) electrons. The van der Waals surface area contributed by atoms with Crippen LogP contribution in [0.3, 0.4) is 0 Å². The minimum absolute atomic E-state index is 0. The molecule has 116 valence electrons. The van der Waals surface area contributed by atoms with Crippen molar-refractivity contribution in [2.75, 3.05) is 0 Å². The molecular weight excluding hydrogens is 363 g/mol. The van der Waals surface area contributed by atoms with Crippen molar-refractivity contribution in [1.82, 2.24) is 0 Å². The third-order valence-corrected chi connectivity index (χ3v) is 2.79. The summed E-state index contributed by atoms with van der Waals surface area (Å²) in [6.45, 7) is 7.46.